The van der Waals surface area contributed by atoms with Gasteiger partial charge in [-0.05, 0) is 36.5 Å². The van der Waals surface area contributed by atoms with Crippen LogP contribution in [0.3, 0.4) is 0 Å². The fourth-order valence-electron chi connectivity index (χ4n) is 2.70. The first-order valence-corrected chi connectivity index (χ1v) is 9.34. The van der Waals surface area contributed by atoms with Gasteiger partial charge in [0, 0.05) is 18.0 Å². The standard InChI is InChI=1S/C17H16FN5OS2/c18-14-4-2-1-3-13(14)16-20-21-17(25)23(16)19-11-12-5-6-15(26-12)22-7-9-24-10-8-22/h1-6,11H,7-10H2,(H,21,25)/b19-11-. The van der Waals surface area contributed by atoms with Crippen molar-refractivity contribution in [2.75, 3.05) is 31.2 Å². The molecule has 0 radical (unpaired) electrons. The van der Waals surface area contributed by atoms with E-state index in [9.17, 15) is 4.39 Å². The molecule has 26 heavy (non-hydrogen) atoms. The summed E-state index contributed by atoms with van der Waals surface area (Å²) in [5.41, 5.74) is 0.345. The summed E-state index contributed by atoms with van der Waals surface area (Å²) in [6.07, 6.45) is 1.71. The maximum atomic E-state index is 14.1. The Balaban J connectivity index is 1.60. The molecule has 0 atom stereocenters. The first-order valence-electron chi connectivity index (χ1n) is 8.11. The predicted octanol–water partition coefficient (Wildman–Crippen LogP) is 3.53. The van der Waals surface area contributed by atoms with Crippen LogP contribution >= 0.6 is 23.6 Å². The molecular weight excluding hydrogens is 373 g/mol. The minimum atomic E-state index is -0.372. The highest BCUT2D eigenvalue weighted by Crippen LogP contribution is 2.26. The van der Waals surface area contributed by atoms with Gasteiger partial charge in [0.25, 0.3) is 0 Å². The molecule has 3 aromatic rings. The lowest BCUT2D eigenvalue weighted by molar-refractivity contribution is 0.123. The predicted molar refractivity (Wildman–Crippen MR) is 103 cm³/mol. The van der Waals surface area contributed by atoms with Crippen molar-refractivity contribution in [2.24, 2.45) is 5.10 Å². The summed E-state index contributed by atoms with van der Waals surface area (Å²) >= 11 is 6.87. The van der Waals surface area contributed by atoms with E-state index in [-0.39, 0.29) is 5.82 Å². The number of H-pyrrole nitrogens is 1. The fraction of sp³-hybridized carbons (Fsp3) is 0.235. The average molecular weight is 389 g/mol. The molecule has 0 unspecified atom stereocenters. The highest BCUT2D eigenvalue weighted by atomic mass is 32.1. The Kier molecular flexibility index (Phi) is 4.91. The Bertz CT molecular complexity index is 987. The topological polar surface area (TPSA) is 58.4 Å². The van der Waals surface area contributed by atoms with E-state index in [4.69, 9.17) is 17.0 Å². The molecule has 1 aromatic carbocycles. The molecule has 0 amide bonds. The zero-order chi connectivity index (χ0) is 17.9. The Hall–Kier alpha value is -2.36. The van der Waals surface area contributed by atoms with Crippen LogP contribution in [0.15, 0.2) is 41.5 Å². The summed E-state index contributed by atoms with van der Waals surface area (Å²) < 4.78 is 21.2. The second kappa shape index (κ2) is 7.48. The van der Waals surface area contributed by atoms with Crippen LogP contribution < -0.4 is 4.90 Å². The number of benzene rings is 1. The third kappa shape index (κ3) is 3.46. The van der Waals surface area contributed by atoms with E-state index in [0.717, 1.165) is 31.2 Å². The third-order valence-corrected chi connectivity index (χ3v) is 5.35. The van der Waals surface area contributed by atoms with Crippen LogP contribution in [0.25, 0.3) is 11.4 Å². The molecule has 9 heteroatoms. The van der Waals surface area contributed by atoms with Gasteiger partial charge in [-0.3, -0.25) is 0 Å². The number of nitrogens with one attached hydrogen (secondary N) is 1. The molecule has 3 heterocycles. The molecule has 1 aliphatic rings. The van der Waals surface area contributed by atoms with Gasteiger partial charge >= 0.3 is 0 Å². The van der Waals surface area contributed by atoms with E-state index in [0.29, 0.717) is 16.2 Å². The monoisotopic (exact) mass is 389 g/mol. The second-order valence-electron chi connectivity index (χ2n) is 5.66. The maximum Gasteiger partial charge on any atom is 0.216 e. The van der Waals surface area contributed by atoms with Crippen molar-refractivity contribution in [1.29, 1.82) is 0 Å². The van der Waals surface area contributed by atoms with Crippen LogP contribution in [0.5, 0.6) is 0 Å². The largest absolute Gasteiger partial charge is 0.378 e. The summed E-state index contributed by atoms with van der Waals surface area (Å²) in [6, 6.07) is 10.5. The number of nitrogens with zero attached hydrogens (tertiary/aromatic N) is 4. The Morgan fingerprint density at radius 3 is 2.85 bits per heavy atom. The number of thiophene rings is 1. The number of rotatable bonds is 4. The van der Waals surface area contributed by atoms with Crippen molar-refractivity contribution in [3.8, 4) is 11.4 Å². The van der Waals surface area contributed by atoms with E-state index in [2.05, 4.69) is 26.3 Å². The van der Waals surface area contributed by atoms with Gasteiger partial charge in [0.1, 0.15) is 5.82 Å². The maximum absolute atomic E-state index is 14.1. The van der Waals surface area contributed by atoms with Gasteiger partial charge in [0.15, 0.2) is 5.82 Å². The van der Waals surface area contributed by atoms with Crippen molar-refractivity contribution in [1.82, 2.24) is 14.9 Å². The molecule has 0 saturated carbocycles. The molecule has 0 aliphatic carbocycles. The third-order valence-electron chi connectivity index (χ3n) is 4.00. The van der Waals surface area contributed by atoms with Gasteiger partial charge in [-0.25, -0.2) is 9.49 Å². The van der Waals surface area contributed by atoms with Crippen LogP contribution in [0, 0.1) is 10.6 Å². The Labute approximate surface area is 158 Å². The first kappa shape index (κ1) is 17.1. The molecule has 0 spiro atoms. The number of halogens is 1. The van der Waals surface area contributed by atoms with Gasteiger partial charge in [-0.15, -0.1) is 11.3 Å². The van der Waals surface area contributed by atoms with E-state index in [1.807, 2.05) is 6.07 Å². The number of morpholine rings is 1. The molecule has 1 saturated heterocycles. The van der Waals surface area contributed by atoms with Crippen LogP contribution in [0.1, 0.15) is 4.88 Å². The lowest BCUT2D eigenvalue weighted by atomic mass is 10.2. The van der Waals surface area contributed by atoms with Crippen molar-refractivity contribution in [3.63, 3.8) is 0 Å². The number of aromatic nitrogens is 3. The summed E-state index contributed by atoms with van der Waals surface area (Å²) in [4.78, 5) is 3.27. The zero-order valence-corrected chi connectivity index (χ0v) is 15.4. The molecule has 4 rings (SSSR count). The normalized spacial score (nSPS) is 15.0. The summed E-state index contributed by atoms with van der Waals surface area (Å²) in [6.45, 7) is 3.28. The van der Waals surface area contributed by atoms with Crippen molar-refractivity contribution in [2.45, 2.75) is 0 Å². The molecule has 1 N–H and O–H groups in total. The molecule has 134 valence electrons. The van der Waals surface area contributed by atoms with Crippen LogP contribution in [-0.4, -0.2) is 47.4 Å². The number of ether oxygens (including phenoxy) is 1. The number of aromatic amines is 1. The molecule has 1 aliphatic heterocycles. The number of hydrogen-bond donors (Lipinski definition) is 1. The Morgan fingerprint density at radius 2 is 2.04 bits per heavy atom. The minimum Gasteiger partial charge on any atom is -0.378 e. The van der Waals surface area contributed by atoms with Crippen LogP contribution in [0.2, 0.25) is 0 Å². The molecular formula is C17H16FN5OS2. The lowest BCUT2D eigenvalue weighted by Gasteiger charge is -2.27. The van der Waals surface area contributed by atoms with E-state index >= 15 is 0 Å². The Morgan fingerprint density at radius 1 is 1.23 bits per heavy atom. The second-order valence-corrected chi connectivity index (χ2v) is 7.14. The number of hydrogen-bond acceptors (Lipinski definition) is 6. The highest BCUT2D eigenvalue weighted by molar-refractivity contribution is 7.71. The smallest absolute Gasteiger partial charge is 0.216 e. The lowest BCUT2D eigenvalue weighted by Crippen LogP contribution is -2.35. The van der Waals surface area contributed by atoms with Crippen molar-refractivity contribution < 1.29 is 9.13 Å². The highest BCUT2D eigenvalue weighted by Gasteiger charge is 2.14. The summed E-state index contributed by atoms with van der Waals surface area (Å²) in [7, 11) is 0. The zero-order valence-electron chi connectivity index (χ0n) is 13.8. The number of anilines is 1. The van der Waals surface area contributed by atoms with Gasteiger partial charge in [0.05, 0.1) is 30.0 Å². The SMILES string of the molecule is Fc1ccccc1-c1n[nH]c(=S)n1/N=C\c1ccc(N2CCOCC2)s1. The van der Waals surface area contributed by atoms with Gasteiger partial charge in [-0.2, -0.15) is 14.9 Å². The molecule has 1 fully saturated rings. The van der Waals surface area contributed by atoms with Gasteiger partial charge in [-0.1, -0.05) is 12.1 Å². The fourth-order valence-corrected chi connectivity index (χ4v) is 3.80. The van der Waals surface area contributed by atoms with E-state index < -0.39 is 0 Å². The van der Waals surface area contributed by atoms with Gasteiger partial charge < -0.3 is 9.64 Å². The van der Waals surface area contributed by atoms with E-state index in [1.54, 1.807) is 35.8 Å². The van der Waals surface area contributed by atoms with Crippen LogP contribution in [0.4, 0.5) is 9.39 Å². The minimum absolute atomic E-state index is 0.310. The summed E-state index contributed by atoms with van der Waals surface area (Å²) in [5, 5.41) is 12.4. The van der Waals surface area contributed by atoms with Crippen molar-refractivity contribution in [3.05, 3.63) is 51.9 Å². The first-order chi connectivity index (χ1) is 12.7. The van der Waals surface area contributed by atoms with Crippen LogP contribution in [-0.2, 0) is 4.74 Å². The van der Waals surface area contributed by atoms with E-state index in [1.165, 1.54) is 15.7 Å². The summed E-state index contributed by atoms with van der Waals surface area (Å²) in [5.74, 6) is -0.0296. The molecule has 6 nitrogen and oxygen atoms in total. The molecule has 0 bridgehead atoms. The molecule has 2 aromatic heterocycles. The quantitative estimate of drug-likeness (QED) is 0.548. The van der Waals surface area contributed by atoms with Gasteiger partial charge in [0.2, 0.25) is 4.77 Å². The average Bonchev–Trinajstić information content (AvgIpc) is 3.28. The van der Waals surface area contributed by atoms with Crippen molar-refractivity contribution >= 4 is 34.8 Å².